The van der Waals surface area contributed by atoms with Gasteiger partial charge in [-0.2, -0.15) is 0 Å². The molecule has 4 rings (SSSR count). The molecule has 144 valence electrons. The van der Waals surface area contributed by atoms with Crippen LogP contribution in [0.3, 0.4) is 0 Å². The number of hydrogen-bond donors (Lipinski definition) is 1. The number of rotatable bonds is 5. The van der Waals surface area contributed by atoms with Crippen molar-refractivity contribution in [2.45, 2.75) is 39.2 Å². The van der Waals surface area contributed by atoms with E-state index in [-0.39, 0.29) is 11.5 Å². The van der Waals surface area contributed by atoms with Gasteiger partial charge in [-0.15, -0.1) is 0 Å². The van der Waals surface area contributed by atoms with Gasteiger partial charge < -0.3 is 14.1 Å². The average Bonchev–Trinajstić information content (AvgIpc) is 3.07. The minimum atomic E-state index is -0.344. The Hall–Kier alpha value is -2.05. The van der Waals surface area contributed by atoms with E-state index in [1.807, 2.05) is 17.9 Å². The first-order valence-electron chi connectivity index (χ1n) is 9.59. The minimum Gasteiger partial charge on any atom is -0.443 e. The van der Waals surface area contributed by atoms with Crippen LogP contribution in [0.2, 0.25) is 5.02 Å². The Bertz CT molecular complexity index is 940. The van der Waals surface area contributed by atoms with Crippen LogP contribution in [0.25, 0.3) is 11.0 Å². The fraction of sp³-hybridized carbons (Fsp3) is 0.500. The quantitative estimate of drug-likeness (QED) is 0.789. The molecule has 1 aromatic heterocycles. The van der Waals surface area contributed by atoms with Gasteiger partial charge in [0.15, 0.2) is 11.3 Å². The van der Waals surface area contributed by atoms with Crippen LogP contribution in [0.5, 0.6) is 5.75 Å². The molecule has 1 atom stereocenters. The van der Waals surface area contributed by atoms with Crippen LogP contribution in [0.4, 0.5) is 0 Å². The van der Waals surface area contributed by atoms with Gasteiger partial charge in [0.2, 0.25) is 12.6 Å². The zero-order valence-electron chi connectivity index (χ0n) is 15.5. The number of benzene rings is 1. The molecule has 3 heterocycles. The number of nitrogens with one attached hydrogen (secondary N) is 1. The van der Waals surface area contributed by atoms with Crippen LogP contribution in [-0.4, -0.2) is 37.2 Å². The number of fused-ring (bicyclic) bond motifs is 3. The molecule has 2 aliphatic heterocycles. The normalized spacial score (nSPS) is 19.4. The summed E-state index contributed by atoms with van der Waals surface area (Å²) in [6.45, 7) is 5.77. The number of ether oxygens (including phenoxy) is 1. The molecule has 2 aromatic rings. The minimum absolute atomic E-state index is 0.261. The fourth-order valence-electron chi connectivity index (χ4n) is 4.08. The second-order valence-corrected chi connectivity index (χ2v) is 7.70. The molecular formula is C20H24ClN2O4+. The van der Waals surface area contributed by atoms with Gasteiger partial charge >= 0.3 is 5.63 Å². The number of carbonyl (C=O) groups is 1. The highest BCUT2D eigenvalue weighted by Crippen LogP contribution is 2.37. The summed E-state index contributed by atoms with van der Waals surface area (Å²) in [6.07, 6.45) is 3.30. The number of quaternary nitrogens is 1. The third kappa shape index (κ3) is 3.56. The van der Waals surface area contributed by atoms with Crippen LogP contribution < -0.4 is 15.3 Å². The Kier molecular flexibility index (Phi) is 5.10. The molecule has 1 fully saturated rings. The summed E-state index contributed by atoms with van der Waals surface area (Å²) in [5.74, 6) is 0.885. The number of aryl methyl sites for hydroxylation is 1. The number of nitrogens with zero attached hydrogens (tertiary/aromatic N) is 1. The van der Waals surface area contributed by atoms with E-state index in [2.05, 4.69) is 0 Å². The van der Waals surface area contributed by atoms with Crippen molar-refractivity contribution in [3.8, 4) is 5.75 Å². The molecule has 0 bridgehead atoms. The van der Waals surface area contributed by atoms with Crippen LogP contribution >= 0.6 is 11.6 Å². The van der Waals surface area contributed by atoms with Crippen LogP contribution in [-0.2, 0) is 17.8 Å². The lowest BCUT2D eigenvalue weighted by molar-refractivity contribution is -0.932. The highest BCUT2D eigenvalue weighted by Gasteiger charge is 2.28. The Morgan fingerprint density at radius 3 is 2.89 bits per heavy atom. The molecule has 2 aliphatic rings. The van der Waals surface area contributed by atoms with Crippen molar-refractivity contribution in [3.63, 3.8) is 0 Å². The van der Waals surface area contributed by atoms with E-state index in [4.69, 9.17) is 20.8 Å². The fourth-order valence-corrected chi connectivity index (χ4v) is 4.36. The van der Waals surface area contributed by atoms with Crippen molar-refractivity contribution in [1.29, 1.82) is 0 Å². The number of likely N-dealkylation sites (tertiary alicyclic amines) is 1. The van der Waals surface area contributed by atoms with Gasteiger partial charge in [-0.05, 0) is 24.5 Å². The average molecular weight is 392 g/mol. The van der Waals surface area contributed by atoms with Crippen LogP contribution in [0.15, 0.2) is 21.3 Å². The number of amides is 1. The van der Waals surface area contributed by atoms with E-state index in [0.717, 1.165) is 55.4 Å². The molecule has 0 aliphatic carbocycles. The van der Waals surface area contributed by atoms with Crippen molar-refractivity contribution in [3.05, 3.63) is 38.7 Å². The molecule has 7 heteroatoms. The Morgan fingerprint density at radius 1 is 1.30 bits per heavy atom. The lowest BCUT2D eigenvalue weighted by atomic mass is 10.0. The maximum Gasteiger partial charge on any atom is 0.336 e. The Morgan fingerprint density at radius 2 is 2.15 bits per heavy atom. The Balaban J connectivity index is 1.55. The summed E-state index contributed by atoms with van der Waals surface area (Å²) in [5.41, 5.74) is 2.04. The number of hydrogen-bond acceptors (Lipinski definition) is 4. The highest BCUT2D eigenvalue weighted by atomic mass is 35.5. The summed E-state index contributed by atoms with van der Waals surface area (Å²) < 4.78 is 11.5. The number of halogens is 1. The number of carbonyl (C=O) groups excluding carboxylic acids is 1. The maximum atomic E-state index is 12.0. The molecule has 1 aromatic carbocycles. The predicted octanol–water partition coefficient (Wildman–Crippen LogP) is 1.76. The first-order chi connectivity index (χ1) is 13.1. The van der Waals surface area contributed by atoms with Crippen LogP contribution in [0, 0.1) is 0 Å². The second-order valence-electron chi connectivity index (χ2n) is 7.29. The third-order valence-electron chi connectivity index (χ3n) is 5.48. The molecule has 0 radical (unpaired) electrons. The molecule has 1 N–H and O–H groups in total. The van der Waals surface area contributed by atoms with Crippen molar-refractivity contribution >= 4 is 28.5 Å². The van der Waals surface area contributed by atoms with Crippen LogP contribution in [0.1, 0.15) is 37.3 Å². The van der Waals surface area contributed by atoms with E-state index in [1.54, 1.807) is 0 Å². The first kappa shape index (κ1) is 18.3. The third-order valence-corrected chi connectivity index (χ3v) is 5.76. The van der Waals surface area contributed by atoms with Gasteiger partial charge in [-0.25, -0.2) is 4.79 Å². The van der Waals surface area contributed by atoms with Gasteiger partial charge in [-0.3, -0.25) is 9.69 Å². The van der Waals surface area contributed by atoms with Crippen molar-refractivity contribution < 1.29 is 18.8 Å². The van der Waals surface area contributed by atoms with Gasteiger partial charge in [0.25, 0.3) is 0 Å². The van der Waals surface area contributed by atoms with Gasteiger partial charge in [0.1, 0.15) is 6.54 Å². The second kappa shape index (κ2) is 7.52. The lowest BCUT2D eigenvalue weighted by Crippen LogP contribution is -3.12. The molecular weight excluding hydrogens is 368 g/mol. The smallest absolute Gasteiger partial charge is 0.336 e. The summed E-state index contributed by atoms with van der Waals surface area (Å²) in [5, 5.41) is 1.44. The van der Waals surface area contributed by atoms with Crippen molar-refractivity contribution in [2.75, 3.05) is 26.4 Å². The zero-order chi connectivity index (χ0) is 19.0. The zero-order valence-corrected chi connectivity index (χ0v) is 16.2. The van der Waals surface area contributed by atoms with E-state index in [9.17, 15) is 9.59 Å². The lowest BCUT2D eigenvalue weighted by Gasteiger charge is -2.28. The summed E-state index contributed by atoms with van der Waals surface area (Å²) >= 11 is 6.45. The van der Waals surface area contributed by atoms with Crippen molar-refractivity contribution in [1.82, 2.24) is 4.90 Å². The van der Waals surface area contributed by atoms with Gasteiger partial charge in [0, 0.05) is 37.4 Å². The molecule has 1 amide bonds. The standard InChI is InChI=1S/C20H23ClN2O4/c1-2-13-9-18(25)27-19-14(13)10-16(21)20-15(19)11-22(12-26-20)6-4-8-23-7-3-5-17(23)24/h9-10H,2-8,11-12H2,1H3/p+1. The molecule has 6 nitrogen and oxygen atoms in total. The summed E-state index contributed by atoms with van der Waals surface area (Å²) in [6, 6.07) is 3.37. The molecule has 0 spiro atoms. The molecule has 1 unspecified atom stereocenters. The summed E-state index contributed by atoms with van der Waals surface area (Å²) in [4.78, 5) is 26.9. The van der Waals surface area contributed by atoms with E-state index in [1.165, 1.54) is 11.0 Å². The maximum absolute atomic E-state index is 12.0. The Labute approximate surface area is 162 Å². The van der Waals surface area contributed by atoms with E-state index >= 15 is 0 Å². The highest BCUT2D eigenvalue weighted by molar-refractivity contribution is 6.33. The topological polar surface area (TPSA) is 64.2 Å². The summed E-state index contributed by atoms with van der Waals surface area (Å²) in [7, 11) is 0. The SMILES string of the molecule is CCc1cc(=O)oc2c3c(c(Cl)cc12)OC[NH+](CCCN1CCCC1=O)C3. The van der Waals surface area contributed by atoms with E-state index < -0.39 is 0 Å². The van der Waals surface area contributed by atoms with Gasteiger partial charge in [0.05, 0.1) is 17.1 Å². The molecule has 27 heavy (non-hydrogen) atoms. The monoisotopic (exact) mass is 391 g/mol. The largest absolute Gasteiger partial charge is 0.443 e. The molecule has 0 saturated carbocycles. The predicted molar refractivity (Wildman–Crippen MR) is 102 cm³/mol. The first-order valence-corrected chi connectivity index (χ1v) is 9.97. The van der Waals surface area contributed by atoms with Crippen molar-refractivity contribution in [2.24, 2.45) is 0 Å². The molecule has 1 saturated heterocycles. The van der Waals surface area contributed by atoms with Gasteiger partial charge in [-0.1, -0.05) is 18.5 Å². The van der Waals surface area contributed by atoms with E-state index in [0.29, 0.717) is 36.1 Å².